The Morgan fingerprint density at radius 2 is 1.89 bits per heavy atom. The molecule has 1 aliphatic rings. The maximum Gasteiger partial charge on any atom is 0.253 e. The number of halogens is 1. The van der Waals surface area contributed by atoms with Crippen molar-refractivity contribution in [3.05, 3.63) is 28.8 Å². The Hall–Kier alpha value is -1.64. The lowest BCUT2D eigenvalue weighted by molar-refractivity contribution is -0.133. The number of likely N-dealkylation sites (tertiary alicyclic amines) is 1. The van der Waals surface area contributed by atoms with Crippen LogP contribution < -0.4 is 10.0 Å². The van der Waals surface area contributed by atoms with Crippen LogP contribution in [0.2, 0.25) is 5.02 Å². The highest BCUT2D eigenvalue weighted by molar-refractivity contribution is 7.89. The molecule has 1 aromatic carbocycles. The van der Waals surface area contributed by atoms with Gasteiger partial charge in [0.15, 0.2) is 0 Å². The van der Waals surface area contributed by atoms with Gasteiger partial charge in [-0.1, -0.05) is 25.4 Å². The molecule has 2 rings (SSSR count). The highest BCUT2D eigenvalue weighted by atomic mass is 35.5. The van der Waals surface area contributed by atoms with Crippen molar-refractivity contribution in [2.24, 2.45) is 5.92 Å². The molecule has 1 saturated heterocycles. The molecule has 0 atom stereocenters. The van der Waals surface area contributed by atoms with E-state index < -0.39 is 15.9 Å². The molecule has 150 valence electrons. The van der Waals surface area contributed by atoms with Crippen LogP contribution in [0.15, 0.2) is 23.1 Å². The van der Waals surface area contributed by atoms with Crippen molar-refractivity contribution in [1.82, 2.24) is 14.9 Å². The highest BCUT2D eigenvalue weighted by Crippen LogP contribution is 2.21. The van der Waals surface area contributed by atoms with Crippen LogP contribution in [-0.4, -0.2) is 51.3 Å². The summed E-state index contributed by atoms with van der Waals surface area (Å²) >= 11 is 6.09. The number of carbonyl (C=O) groups is 2. The average Bonchev–Trinajstić information content (AvgIpc) is 2.61. The highest BCUT2D eigenvalue weighted by Gasteiger charge is 2.25. The second kappa shape index (κ2) is 9.03. The zero-order valence-electron chi connectivity index (χ0n) is 15.8. The number of piperidine rings is 1. The number of nitrogens with one attached hydrogen (secondary N) is 2. The third-order valence-corrected chi connectivity index (χ3v) is 6.27. The molecule has 2 N–H and O–H groups in total. The second-order valence-electron chi connectivity index (χ2n) is 7.08. The number of carbonyl (C=O) groups excluding carboxylic acids is 2. The molecule has 1 heterocycles. The summed E-state index contributed by atoms with van der Waals surface area (Å²) in [6.07, 6.45) is 1.84. The summed E-state index contributed by atoms with van der Waals surface area (Å²) in [5.74, 6) is 0.0427. The smallest absolute Gasteiger partial charge is 0.253 e. The fraction of sp³-hybridized carbons (Fsp3) is 0.556. The van der Waals surface area contributed by atoms with E-state index >= 15 is 0 Å². The van der Waals surface area contributed by atoms with E-state index in [1.165, 1.54) is 25.2 Å². The zero-order chi connectivity index (χ0) is 20.2. The number of benzene rings is 1. The summed E-state index contributed by atoms with van der Waals surface area (Å²) in [6, 6.07) is 3.93. The SMILES string of the molecule is CNS(=O)(=O)c1ccc(Cl)c(C(=O)NC2CCN(C(=O)CC(C)C)CC2)c1. The van der Waals surface area contributed by atoms with Gasteiger partial charge >= 0.3 is 0 Å². The minimum Gasteiger partial charge on any atom is -0.349 e. The van der Waals surface area contributed by atoms with E-state index in [0.29, 0.717) is 38.3 Å². The first-order valence-electron chi connectivity index (χ1n) is 8.95. The van der Waals surface area contributed by atoms with E-state index in [1.54, 1.807) is 0 Å². The number of amides is 2. The molecule has 0 radical (unpaired) electrons. The first-order valence-corrected chi connectivity index (χ1v) is 10.8. The Labute approximate surface area is 165 Å². The first kappa shape index (κ1) is 21.7. The van der Waals surface area contributed by atoms with Crippen LogP contribution in [-0.2, 0) is 14.8 Å². The van der Waals surface area contributed by atoms with Crippen molar-refractivity contribution in [1.29, 1.82) is 0 Å². The van der Waals surface area contributed by atoms with Gasteiger partial charge < -0.3 is 10.2 Å². The van der Waals surface area contributed by atoms with Crippen LogP contribution in [0.5, 0.6) is 0 Å². The van der Waals surface area contributed by atoms with Crippen molar-refractivity contribution in [3.63, 3.8) is 0 Å². The van der Waals surface area contributed by atoms with Crippen molar-refractivity contribution < 1.29 is 18.0 Å². The molecule has 0 aliphatic carbocycles. The van der Waals surface area contributed by atoms with Crippen LogP contribution in [0.3, 0.4) is 0 Å². The Morgan fingerprint density at radius 1 is 1.26 bits per heavy atom. The van der Waals surface area contributed by atoms with Crippen molar-refractivity contribution in [3.8, 4) is 0 Å². The van der Waals surface area contributed by atoms with Gasteiger partial charge in [-0.2, -0.15) is 0 Å². The molecule has 7 nitrogen and oxygen atoms in total. The summed E-state index contributed by atoms with van der Waals surface area (Å²) in [7, 11) is -2.36. The number of nitrogens with zero attached hydrogens (tertiary/aromatic N) is 1. The lowest BCUT2D eigenvalue weighted by atomic mass is 10.0. The van der Waals surface area contributed by atoms with Crippen LogP contribution in [0, 0.1) is 5.92 Å². The molecule has 0 unspecified atom stereocenters. The van der Waals surface area contributed by atoms with E-state index in [1.807, 2.05) is 18.7 Å². The monoisotopic (exact) mass is 415 g/mol. The van der Waals surface area contributed by atoms with Gasteiger partial charge in [0.05, 0.1) is 15.5 Å². The predicted octanol–water partition coefficient (Wildman–Crippen LogP) is 2.01. The summed E-state index contributed by atoms with van der Waals surface area (Å²) in [5, 5.41) is 3.08. The Kier molecular flexibility index (Phi) is 7.25. The Morgan fingerprint density at radius 3 is 2.44 bits per heavy atom. The molecule has 0 saturated carbocycles. The third-order valence-electron chi connectivity index (χ3n) is 4.53. The molecule has 27 heavy (non-hydrogen) atoms. The van der Waals surface area contributed by atoms with E-state index in [9.17, 15) is 18.0 Å². The van der Waals surface area contributed by atoms with Crippen molar-refractivity contribution in [2.75, 3.05) is 20.1 Å². The second-order valence-corrected chi connectivity index (χ2v) is 9.37. The largest absolute Gasteiger partial charge is 0.349 e. The lowest BCUT2D eigenvalue weighted by Gasteiger charge is -2.33. The summed E-state index contributed by atoms with van der Waals surface area (Å²) in [5.41, 5.74) is 0.117. The molecule has 0 spiro atoms. The van der Waals surface area contributed by atoms with Gasteiger partial charge in [-0.05, 0) is 44.0 Å². The molecule has 1 aromatic rings. The quantitative estimate of drug-likeness (QED) is 0.742. The average molecular weight is 416 g/mol. The fourth-order valence-electron chi connectivity index (χ4n) is 2.98. The minimum atomic E-state index is -3.66. The molecular formula is C18H26ClN3O4S. The van der Waals surface area contributed by atoms with Gasteiger partial charge in [0.2, 0.25) is 15.9 Å². The molecule has 9 heteroatoms. The number of hydrogen-bond donors (Lipinski definition) is 2. The van der Waals surface area contributed by atoms with Crippen molar-refractivity contribution >= 4 is 33.4 Å². The molecule has 0 bridgehead atoms. The van der Waals surface area contributed by atoms with Gasteiger partial charge in [-0.3, -0.25) is 9.59 Å². The summed E-state index contributed by atoms with van der Waals surface area (Å²) in [6.45, 7) is 5.21. The topological polar surface area (TPSA) is 95.6 Å². The van der Waals surface area contributed by atoms with E-state index in [2.05, 4.69) is 10.0 Å². The van der Waals surface area contributed by atoms with Crippen LogP contribution >= 0.6 is 11.6 Å². The zero-order valence-corrected chi connectivity index (χ0v) is 17.4. The number of sulfonamides is 1. The first-order chi connectivity index (χ1) is 12.6. The predicted molar refractivity (Wildman–Crippen MR) is 104 cm³/mol. The third kappa shape index (κ3) is 5.67. The van der Waals surface area contributed by atoms with Crippen molar-refractivity contribution in [2.45, 2.75) is 44.0 Å². The van der Waals surface area contributed by atoms with Gasteiger partial charge in [0, 0.05) is 25.6 Å². The maximum absolute atomic E-state index is 12.6. The fourth-order valence-corrected chi connectivity index (χ4v) is 3.94. The van der Waals surface area contributed by atoms with E-state index in [-0.39, 0.29) is 27.4 Å². The van der Waals surface area contributed by atoms with Gasteiger partial charge in [0.25, 0.3) is 5.91 Å². The van der Waals surface area contributed by atoms with E-state index in [0.717, 1.165) is 0 Å². The molecule has 1 fully saturated rings. The van der Waals surface area contributed by atoms with E-state index in [4.69, 9.17) is 11.6 Å². The Balaban J connectivity index is 2.01. The number of hydrogen-bond acceptors (Lipinski definition) is 4. The van der Waals surface area contributed by atoms with Crippen LogP contribution in [0.25, 0.3) is 0 Å². The molecule has 1 aliphatic heterocycles. The Bertz CT molecular complexity index is 803. The van der Waals surface area contributed by atoms with Gasteiger partial charge in [-0.25, -0.2) is 13.1 Å². The van der Waals surface area contributed by atoms with Crippen LogP contribution in [0.1, 0.15) is 43.5 Å². The minimum absolute atomic E-state index is 0.0198. The summed E-state index contributed by atoms with van der Waals surface area (Å²) in [4.78, 5) is 26.5. The van der Waals surface area contributed by atoms with Crippen LogP contribution in [0.4, 0.5) is 0 Å². The maximum atomic E-state index is 12.6. The standard InChI is InChI=1S/C18H26ClN3O4S/c1-12(2)10-17(23)22-8-6-13(7-9-22)21-18(24)15-11-14(4-5-16(15)19)27(25,26)20-3/h4-5,11-13,20H,6-10H2,1-3H3,(H,21,24). The van der Waals surface area contributed by atoms with Gasteiger partial charge in [-0.15, -0.1) is 0 Å². The lowest BCUT2D eigenvalue weighted by Crippen LogP contribution is -2.46. The molecule has 2 amide bonds. The molecular weight excluding hydrogens is 390 g/mol. The summed E-state index contributed by atoms with van der Waals surface area (Å²) < 4.78 is 26.1. The van der Waals surface area contributed by atoms with Gasteiger partial charge in [0.1, 0.15) is 0 Å². The number of rotatable bonds is 6. The molecule has 0 aromatic heterocycles. The normalized spacial score (nSPS) is 15.8.